The van der Waals surface area contributed by atoms with Crippen LogP contribution in [0.25, 0.3) is 0 Å². The van der Waals surface area contributed by atoms with Gasteiger partial charge in [0.05, 0.1) is 9.26 Å². The molecular weight excluding hydrogens is 379 g/mol. The Morgan fingerprint density at radius 1 is 1.37 bits per heavy atom. The largest absolute Gasteiger partial charge is 0.481 e. The fourth-order valence-electron chi connectivity index (χ4n) is 1.74. The second-order valence-corrected chi connectivity index (χ2v) is 5.58. The third kappa shape index (κ3) is 3.63. The standard InChI is InChI=1S/C13H10ClIN2O2/c14-9-3-1-8(2-4-9)5-10(13(18)19)12-11(15)6-16-7-17-12/h1-4,6-7,10H,5H2,(H,18,19). The van der Waals surface area contributed by atoms with Crippen molar-refractivity contribution in [2.75, 3.05) is 0 Å². The molecule has 0 bridgehead atoms. The van der Waals surface area contributed by atoms with Gasteiger partial charge >= 0.3 is 5.97 Å². The van der Waals surface area contributed by atoms with Crippen LogP contribution in [-0.2, 0) is 11.2 Å². The zero-order valence-electron chi connectivity index (χ0n) is 9.75. The Balaban J connectivity index is 2.29. The molecule has 0 aliphatic rings. The molecule has 6 heteroatoms. The monoisotopic (exact) mass is 388 g/mol. The molecule has 1 aromatic heterocycles. The van der Waals surface area contributed by atoms with Gasteiger partial charge in [0.2, 0.25) is 0 Å². The number of hydrogen-bond acceptors (Lipinski definition) is 3. The summed E-state index contributed by atoms with van der Waals surface area (Å²) >= 11 is 7.86. The Hall–Kier alpha value is -1.21. The summed E-state index contributed by atoms with van der Waals surface area (Å²) in [6.07, 6.45) is 3.36. The van der Waals surface area contributed by atoms with Gasteiger partial charge in [-0.3, -0.25) is 4.79 Å². The zero-order chi connectivity index (χ0) is 13.8. The van der Waals surface area contributed by atoms with Crippen molar-refractivity contribution >= 4 is 40.2 Å². The van der Waals surface area contributed by atoms with Crippen LogP contribution in [-0.4, -0.2) is 21.0 Å². The quantitative estimate of drug-likeness (QED) is 0.818. The topological polar surface area (TPSA) is 63.1 Å². The summed E-state index contributed by atoms with van der Waals surface area (Å²) in [5.74, 6) is -1.58. The van der Waals surface area contributed by atoms with Gasteiger partial charge in [-0.25, -0.2) is 9.97 Å². The fourth-order valence-corrected chi connectivity index (χ4v) is 2.54. The highest BCUT2D eigenvalue weighted by Crippen LogP contribution is 2.24. The van der Waals surface area contributed by atoms with E-state index >= 15 is 0 Å². The lowest BCUT2D eigenvalue weighted by Crippen LogP contribution is -2.17. The van der Waals surface area contributed by atoms with Gasteiger partial charge in [-0.1, -0.05) is 23.7 Å². The fraction of sp³-hybridized carbons (Fsp3) is 0.154. The van der Waals surface area contributed by atoms with Crippen molar-refractivity contribution in [2.24, 2.45) is 0 Å². The molecule has 0 spiro atoms. The summed E-state index contributed by atoms with van der Waals surface area (Å²) in [7, 11) is 0. The molecule has 2 rings (SSSR count). The molecule has 98 valence electrons. The van der Waals surface area contributed by atoms with Gasteiger partial charge in [0.25, 0.3) is 0 Å². The number of carboxylic acid groups (broad SMARTS) is 1. The number of aliphatic carboxylic acids is 1. The van der Waals surface area contributed by atoms with E-state index in [1.807, 2.05) is 34.7 Å². The normalized spacial score (nSPS) is 12.1. The molecular formula is C13H10ClIN2O2. The number of carbonyl (C=O) groups is 1. The van der Waals surface area contributed by atoms with E-state index in [1.165, 1.54) is 6.33 Å². The van der Waals surface area contributed by atoms with Crippen molar-refractivity contribution in [3.63, 3.8) is 0 Å². The van der Waals surface area contributed by atoms with Crippen LogP contribution in [0.15, 0.2) is 36.8 Å². The molecule has 0 aliphatic carbocycles. The minimum absolute atomic E-state index is 0.375. The molecule has 4 nitrogen and oxygen atoms in total. The summed E-state index contributed by atoms with van der Waals surface area (Å²) in [5.41, 5.74) is 1.45. The smallest absolute Gasteiger partial charge is 0.312 e. The molecule has 0 aliphatic heterocycles. The third-order valence-corrected chi connectivity index (χ3v) is 3.76. The van der Waals surface area contributed by atoms with Crippen molar-refractivity contribution in [1.82, 2.24) is 9.97 Å². The van der Waals surface area contributed by atoms with E-state index in [-0.39, 0.29) is 0 Å². The SMILES string of the molecule is O=C(O)C(Cc1ccc(Cl)cc1)c1ncncc1I. The van der Waals surface area contributed by atoms with Crippen molar-refractivity contribution in [3.05, 3.63) is 56.6 Å². The summed E-state index contributed by atoms with van der Waals surface area (Å²) in [4.78, 5) is 19.4. The van der Waals surface area contributed by atoms with Crippen LogP contribution in [0.4, 0.5) is 0 Å². The van der Waals surface area contributed by atoms with Crippen LogP contribution in [0.5, 0.6) is 0 Å². The van der Waals surface area contributed by atoms with Crippen LogP contribution in [0.1, 0.15) is 17.2 Å². The van der Waals surface area contributed by atoms with Crippen molar-refractivity contribution < 1.29 is 9.90 Å². The summed E-state index contributed by atoms with van der Waals surface area (Å²) in [5, 5.41) is 10.0. The summed E-state index contributed by atoms with van der Waals surface area (Å²) in [6, 6.07) is 7.15. The molecule has 1 unspecified atom stereocenters. The van der Waals surface area contributed by atoms with Crippen molar-refractivity contribution in [2.45, 2.75) is 12.3 Å². The Morgan fingerprint density at radius 2 is 2.05 bits per heavy atom. The highest BCUT2D eigenvalue weighted by atomic mass is 127. The molecule has 0 amide bonds. The van der Waals surface area contributed by atoms with Gasteiger partial charge in [0.1, 0.15) is 12.2 Å². The number of hydrogen-bond donors (Lipinski definition) is 1. The maximum Gasteiger partial charge on any atom is 0.312 e. The molecule has 1 aromatic carbocycles. The first-order chi connectivity index (χ1) is 9.08. The van der Waals surface area contributed by atoms with Gasteiger partial charge in [-0.2, -0.15) is 0 Å². The van der Waals surface area contributed by atoms with Crippen molar-refractivity contribution in [3.8, 4) is 0 Å². The number of rotatable bonds is 4. The second kappa shape index (κ2) is 6.29. The van der Waals surface area contributed by atoms with Crippen LogP contribution in [0.2, 0.25) is 5.02 Å². The molecule has 0 saturated heterocycles. The summed E-state index contributed by atoms with van der Waals surface area (Å²) in [6.45, 7) is 0. The van der Waals surface area contributed by atoms with Gasteiger partial charge in [-0.15, -0.1) is 0 Å². The predicted octanol–water partition coefficient (Wildman–Crippen LogP) is 3.15. The summed E-state index contributed by atoms with van der Waals surface area (Å²) < 4.78 is 0.751. The lowest BCUT2D eigenvalue weighted by atomic mass is 9.96. The van der Waals surface area contributed by atoms with E-state index < -0.39 is 11.9 Å². The van der Waals surface area contributed by atoms with E-state index in [2.05, 4.69) is 9.97 Å². The first kappa shape index (κ1) is 14.2. The minimum atomic E-state index is -0.897. The van der Waals surface area contributed by atoms with Gasteiger partial charge in [0, 0.05) is 11.2 Å². The lowest BCUT2D eigenvalue weighted by Gasteiger charge is -2.13. The second-order valence-electron chi connectivity index (χ2n) is 3.98. The molecule has 2 aromatic rings. The molecule has 0 saturated carbocycles. The van der Waals surface area contributed by atoms with Crippen molar-refractivity contribution in [1.29, 1.82) is 0 Å². The Morgan fingerprint density at radius 3 is 2.63 bits per heavy atom. The first-order valence-corrected chi connectivity index (χ1v) is 6.96. The Bertz CT molecular complexity index is 589. The van der Waals surface area contributed by atoms with Crippen LogP contribution >= 0.6 is 34.2 Å². The molecule has 0 radical (unpaired) electrons. The molecule has 1 N–H and O–H groups in total. The Labute approximate surface area is 129 Å². The molecule has 1 atom stereocenters. The average Bonchev–Trinajstić information content (AvgIpc) is 2.39. The van der Waals surface area contributed by atoms with Gasteiger partial charge in [-0.05, 0) is 46.7 Å². The highest BCUT2D eigenvalue weighted by molar-refractivity contribution is 14.1. The third-order valence-electron chi connectivity index (χ3n) is 2.68. The molecule has 19 heavy (non-hydrogen) atoms. The van der Waals surface area contributed by atoms with E-state index in [0.717, 1.165) is 9.13 Å². The Kier molecular flexibility index (Phi) is 4.71. The van der Waals surface area contributed by atoms with E-state index in [4.69, 9.17) is 11.6 Å². The number of carboxylic acids is 1. The zero-order valence-corrected chi connectivity index (χ0v) is 12.7. The number of nitrogens with zero attached hydrogens (tertiary/aromatic N) is 2. The molecule has 1 heterocycles. The predicted molar refractivity (Wildman–Crippen MR) is 80.3 cm³/mol. The van der Waals surface area contributed by atoms with E-state index in [1.54, 1.807) is 18.3 Å². The molecule has 0 fully saturated rings. The van der Waals surface area contributed by atoms with Crippen LogP contribution in [0.3, 0.4) is 0 Å². The van der Waals surface area contributed by atoms with E-state index in [9.17, 15) is 9.90 Å². The highest BCUT2D eigenvalue weighted by Gasteiger charge is 2.24. The van der Waals surface area contributed by atoms with Crippen LogP contribution in [0, 0.1) is 3.57 Å². The lowest BCUT2D eigenvalue weighted by molar-refractivity contribution is -0.138. The number of aromatic nitrogens is 2. The average molecular weight is 389 g/mol. The van der Waals surface area contributed by atoms with Gasteiger partial charge < -0.3 is 5.11 Å². The first-order valence-electron chi connectivity index (χ1n) is 5.50. The van der Waals surface area contributed by atoms with E-state index in [0.29, 0.717) is 17.1 Å². The minimum Gasteiger partial charge on any atom is -0.481 e. The maximum absolute atomic E-state index is 11.4. The number of benzene rings is 1. The van der Waals surface area contributed by atoms with Gasteiger partial charge in [0.15, 0.2) is 0 Å². The number of halogens is 2. The maximum atomic E-state index is 11.4. The van der Waals surface area contributed by atoms with Crippen LogP contribution < -0.4 is 0 Å².